The number of hydrogen-bond acceptors (Lipinski definition) is 4. The standard InChI is InChI=1S/C8H18N2O2S2/c9-3-6-14(11,12)10-7-8-1-4-13-5-2-8/h8,10H,1-7,9H2. The van der Waals surface area contributed by atoms with Crippen molar-refractivity contribution < 1.29 is 8.42 Å². The molecular weight excluding hydrogens is 220 g/mol. The van der Waals surface area contributed by atoms with Gasteiger partial charge >= 0.3 is 0 Å². The van der Waals surface area contributed by atoms with Crippen molar-refractivity contribution in [1.82, 2.24) is 4.72 Å². The zero-order valence-corrected chi connectivity index (χ0v) is 9.87. The molecule has 0 saturated carbocycles. The molecule has 0 atom stereocenters. The number of rotatable bonds is 5. The minimum atomic E-state index is -3.11. The van der Waals surface area contributed by atoms with E-state index in [2.05, 4.69) is 4.72 Å². The monoisotopic (exact) mass is 238 g/mol. The molecule has 1 aliphatic rings. The van der Waals surface area contributed by atoms with Gasteiger partial charge in [-0.25, -0.2) is 13.1 Å². The first-order valence-corrected chi connectivity index (χ1v) is 7.70. The first-order valence-electron chi connectivity index (χ1n) is 4.89. The lowest BCUT2D eigenvalue weighted by Gasteiger charge is -2.21. The molecule has 0 unspecified atom stereocenters. The summed E-state index contributed by atoms with van der Waals surface area (Å²) in [4.78, 5) is 0. The Bertz CT molecular complexity index is 248. The molecule has 1 fully saturated rings. The van der Waals surface area contributed by atoms with Gasteiger partial charge in [0.15, 0.2) is 0 Å². The van der Waals surface area contributed by atoms with E-state index >= 15 is 0 Å². The van der Waals surface area contributed by atoms with Crippen LogP contribution in [0.15, 0.2) is 0 Å². The summed E-state index contributed by atoms with van der Waals surface area (Å²) in [6, 6.07) is 0. The van der Waals surface area contributed by atoms with Gasteiger partial charge in [0.2, 0.25) is 10.0 Å². The molecule has 14 heavy (non-hydrogen) atoms. The molecule has 0 radical (unpaired) electrons. The maximum atomic E-state index is 11.3. The van der Waals surface area contributed by atoms with Gasteiger partial charge in [0.1, 0.15) is 0 Å². The second-order valence-corrected chi connectivity index (χ2v) is 6.66. The quantitative estimate of drug-likeness (QED) is 0.707. The fourth-order valence-electron chi connectivity index (χ4n) is 1.42. The lowest BCUT2D eigenvalue weighted by atomic mass is 10.0. The van der Waals surface area contributed by atoms with Crippen LogP contribution in [-0.4, -0.2) is 38.8 Å². The topological polar surface area (TPSA) is 72.2 Å². The van der Waals surface area contributed by atoms with E-state index in [4.69, 9.17) is 5.73 Å². The van der Waals surface area contributed by atoms with E-state index in [1.165, 1.54) is 0 Å². The first kappa shape index (κ1) is 12.3. The molecule has 0 amide bonds. The highest BCUT2D eigenvalue weighted by Gasteiger charge is 2.16. The van der Waals surface area contributed by atoms with Crippen LogP contribution in [0.3, 0.4) is 0 Å². The molecule has 0 aromatic rings. The molecule has 1 rings (SSSR count). The van der Waals surface area contributed by atoms with Gasteiger partial charge in [-0.1, -0.05) is 0 Å². The third-order valence-corrected chi connectivity index (χ3v) is 4.75. The predicted molar refractivity (Wildman–Crippen MR) is 60.9 cm³/mol. The van der Waals surface area contributed by atoms with Crippen molar-refractivity contribution in [2.24, 2.45) is 11.7 Å². The van der Waals surface area contributed by atoms with Crippen LogP contribution < -0.4 is 10.5 Å². The van der Waals surface area contributed by atoms with Crippen LogP contribution in [0, 0.1) is 5.92 Å². The fraction of sp³-hybridized carbons (Fsp3) is 1.00. The lowest BCUT2D eigenvalue weighted by Crippen LogP contribution is -2.34. The first-order chi connectivity index (χ1) is 6.64. The van der Waals surface area contributed by atoms with Crippen molar-refractivity contribution >= 4 is 21.8 Å². The third kappa shape index (κ3) is 4.63. The highest BCUT2D eigenvalue weighted by Crippen LogP contribution is 2.21. The van der Waals surface area contributed by atoms with Gasteiger partial charge in [-0.05, 0) is 30.3 Å². The Balaban J connectivity index is 2.24. The van der Waals surface area contributed by atoms with E-state index in [9.17, 15) is 8.42 Å². The van der Waals surface area contributed by atoms with Crippen LogP contribution >= 0.6 is 11.8 Å². The average Bonchev–Trinajstić information content (AvgIpc) is 2.17. The molecule has 0 aromatic heterocycles. The summed E-state index contributed by atoms with van der Waals surface area (Å²) in [7, 11) is -3.11. The van der Waals surface area contributed by atoms with Crippen LogP contribution in [0.2, 0.25) is 0 Å². The molecule has 4 nitrogen and oxygen atoms in total. The molecule has 0 aliphatic carbocycles. The average molecular weight is 238 g/mol. The van der Waals surface area contributed by atoms with Crippen molar-refractivity contribution in [3.63, 3.8) is 0 Å². The van der Waals surface area contributed by atoms with E-state index < -0.39 is 10.0 Å². The van der Waals surface area contributed by atoms with Crippen LogP contribution in [0.4, 0.5) is 0 Å². The number of thioether (sulfide) groups is 1. The maximum Gasteiger partial charge on any atom is 0.212 e. The molecule has 1 aliphatic heterocycles. The van der Waals surface area contributed by atoms with E-state index in [0.717, 1.165) is 24.3 Å². The van der Waals surface area contributed by atoms with E-state index in [0.29, 0.717) is 12.5 Å². The summed E-state index contributed by atoms with van der Waals surface area (Å²) >= 11 is 1.95. The van der Waals surface area contributed by atoms with Crippen molar-refractivity contribution in [2.45, 2.75) is 12.8 Å². The van der Waals surface area contributed by atoms with Gasteiger partial charge < -0.3 is 5.73 Å². The Morgan fingerprint density at radius 2 is 2.00 bits per heavy atom. The summed E-state index contributed by atoms with van der Waals surface area (Å²) in [6.07, 6.45) is 2.24. The second-order valence-electron chi connectivity index (χ2n) is 3.51. The molecule has 0 aromatic carbocycles. The molecule has 1 saturated heterocycles. The smallest absolute Gasteiger partial charge is 0.212 e. The van der Waals surface area contributed by atoms with Gasteiger partial charge in [-0.3, -0.25) is 0 Å². The summed E-state index contributed by atoms with van der Waals surface area (Å²) in [5, 5.41) is 0. The van der Waals surface area contributed by atoms with E-state index in [1.54, 1.807) is 0 Å². The highest BCUT2D eigenvalue weighted by molar-refractivity contribution is 7.99. The minimum absolute atomic E-state index is 0.0362. The zero-order chi connectivity index (χ0) is 10.4. The molecule has 3 N–H and O–H groups in total. The number of nitrogens with one attached hydrogen (secondary N) is 1. The number of hydrogen-bond donors (Lipinski definition) is 2. The van der Waals surface area contributed by atoms with Crippen molar-refractivity contribution in [2.75, 3.05) is 30.3 Å². The van der Waals surface area contributed by atoms with Gasteiger partial charge in [0.05, 0.1) is 5.75 Å². The number of nitrogens with two attached hydrogens (primary N) is 1. The Hall–Kier alpha value is 0.220. The third-order valence-electron chi connectivity index (χ3n) is 2.32. The summed E-state index contributed by atoms with van der Waals surface area (Å²) in [5.74, 6) is 2.87. The zero-order valence-electron chi connectivity index (χ0n) is 8.24. The Kier molecular flexibility index (Phi) is 5.22. The minimum Gasteiger partial charge on any atom is -0.329 e. The largest absolute Gasteiger partial charge is 0.329 e. The lowest BCUT2D eigenvalue weighted by molar-refractivity contribution is 0.477. The van der Waals surface area contributed by atoms with Gasteiger partial charge in [-0.15, -0.1) is 0 Å². The van der Waals surface area contributed by atoms with E-state index in [1.807, 2.05) is 11.8 Å². The number of sulfonamides is 1. The van der Waals surface area contributed by atoms with Gasteiger partial charge in [0, 0.05) is 13.1 Å². The van der Waals surface area contributed by atoms with Crippen LogP contribution in [0.1, 0.15) is 12.8 Å². The normalized spacial score (nSPS) is 19.8. The molecule has 6 heteroatoms. The summed E-state index contributed by atoms with van der Waals surface area (Å²) in [6.45, 7) is 0.777. The molecular formula is C8H18N2O2S2. The van der Waals surface area contributed by atoms with Crippen LogP contribution in [-0.2, 0) is 10.0 Å². The highest BCUT2D eigenvalue weighted by atomic mass is 32.2. The van der Waals surface area contributed by atoms with Crippen molar-refractivity contribution in [3.05, 3.63) is 0 Å². The van der Waals surface area contributed by atoms with Crippen LogP contribution in [0.25, 0.3) is 0 Å². The summed E-state index contributed by atoms with van der Waals surface area (Å²) < 4.78 is 25.2. The van der Waals surface area contributed by atoms with E-state index in [-0.39, 0.29) is 12.3 Å². The Morgan fingerprint density at radius 1 is 1.36 bits per heavy atom. The van der Waals surface area contributed by atoms with Crippen molar-refractivity contribution in [1.29, 1.82) is 0 Å². The van der Waals surface area contributed by atoms with Crippen LogP contribution in [0.5, 0.6) is 0 Å². The maximum absolute atomic E-state index is 11.3. The van der Waals surface area contributed by atoms with Gasteiger partial charge in [-0.2, -0.15) is 11.8 Å². The molecule has 0 spiro atoms. The summed E-state index contributed by atoms with van der Waals surface area (Å²) in [5.41, 5.74) is 5.20. The van der Waals surface area contributed by atoms with Crippen molar-refractivity contribution in [3.8, 4) is 0 Å². The molecule has 0 bridgehead atoms. The predicted octanol–water partition coefficient (Wildman–Crippen LogP) is 0.00770. The second kappa shape index (κ2) is 5.95. The molecule has 1 heterocycles. The Morgan fingerprint density at radius 3 is 2.57 bits per heavy atom. The molecule has 84 valence electrons. The Labute approximate surface area is 90.1 Å². The van der Waals surface area contributed by atoms with Gasteiger partial charge in [0.25, 0.3) is 0 Å². The fourth-order valence-corrected chi connectivity index (χ4v) is 3.57. The SMILES string of the molecule is NCCS(=O)(=O)NCC1CCSCC1.